The molecule has 0 aliphatic rings. The van der Waals surface area contributed by atoms with Crippen LogP contribution in [0.4, 0.5) is 0 Å². The van der Waals surface area contributed by atoms with Crippen molar-refractivity contribution in [3.63, 3.8) is 0 Å². The minimum absolute atomic E-state index is 0.343. The normalized spacial score (nSPS) is 13.1. The van der Waals surface area contributed by atoms with E-state index in [0.29, 0.717) is 32.1 Å². The van der Waals surface area contributed by atoms with E-state index in [1.165, 1.54) is 0 Å². The molecule has 0 amide bonds. The molecule has 4 nitrogen and oxygen atoms in total. The van der Waals surface area contributed by atoms with Gasteiger partial charge in [0.1, 0.15) is 10.9 Å². The van der Waals surface area contributed by atoms with Crippen LogP contribution in [0.3, 0.4) is 0 Å². The maximum Gasteiger partial charge on any atom is 0.191 e. The van der Waals surface area contributed by atoms with Gasteiger partial charge in [-0.1, -0.05) is 164 Å². The van der Waals surface area contributed by atoms with Crippen molar-refractivity contribution < 1.29 is 9.13 Å². The summed E-state index contributed by atoms with van der Waals surface area (Å²) in [7, 11) is -7.20. The largest absolute Gasteiger partial charge is 0.307 e. The highest BCUT2D eigenvalue weighted by atomic mass is 31.2. The molecule has 0 saturated heterocycles. The Morgan fingerprint density at radius 1 is 0.340 bits per heavy atom. The lowest BCUT2D eigenvalue weighted by Crippen LogP contribution is -2.33. The lowest BCUT2D eigenvalue weighted by Gasteiger charge is -2.24. The zero-order valence-corrected chi connectivity index (χ0v) is 28.7. The number of rotatable bonds is 6. The van der Waals surface area contributed by atoms with Crippen LogP contribution in [-0.4, -0.2) is 9.97 Å². The second-order valence-electron chi connectivity index (χ2n) is 12.5. The van der Waals surface area contributed by atoms with Crippen molar-refractivity contribution in [2.45, 2.75) is 0 Å². The quantitative estimate of drug-likeness (QED) is 0.166. The van der Waals surface area contributed by atoms with E-state index >= 15 is 9.13 Å². The zero-order valence-electron chi connectivity index (χ0n) is 26.9. The standard InChI is InChI=1S/C44H30N2O2P2/c47-49(36-27-26-31-12-1-2-16-35(31)28-36,40-23-9-17-32-13-3-6-20-37(32)40)43-29-46-44(30-45-43)50(48,41-24-10-18-33-14-4-7-21-38(33)41)42-25-11-19-34-15-5-8-22-39(34)42/h1-30H. The maximum atomic E-state index is 16.1. The van der Waals surface area contributed by atoms with E-state index in [1.54, 1.807) is 12.4 Å². The van der Waals surface area contributed by atoms with E-state index in [0.717, 1.165) is 43.1 Å². The Morgan fingerprint density at radius 3 is 1.20 bits per heavy atom. The molecular weight excluding hydrogens is 650 g/mol. The lowest BCUT2D eigenvalue weighted by molar-refractivity contribution is 0.590. The van der Waals surface area contributed by atoms with E-state index in [1.807, 2.05) is 164 Å². The van der Waals surface area contributed by atoms with Gasteiger partial charge in [-0.15, -0.1) is 0 Å². The molecule has 8 aromatic carbocycles. The minimum Gasteiger partial charge on any atom is -0.307 e. The number of hydrogen-bond donors (Lipinski definition) is 0. The molecule has 1 unspecified atom stereocenters. The van der Waals surface area contributed by atoms with Crippen LogP contribution in [-0.2, 0) is 9.13 Å². The van der Waals surface area contributed by atoms with Gasteiger partial charge in [0, 0.05) is 21.2 Å². The van der Waals surface area contributed by atoms with Crippen molar-refractivity contribution in [2.75, 3.05) is 0 Å². The number of aromatic nitrogens is 2. The number of nitrogens with zero attached hydrogens (tertiary/aromatic N) is 2. The van der Waals surface area contributed by atoms with Crippen LogP contribution in [0.2, 0.25) is 0 Å². The first-order valence-electron chi connectivity index (χ1n) is 16.5. The predicted octanol–water partition coefficient (Wildman–Crippen LogP) is 8.37. The van der Waals surface area contributed by atoms with Crippen LogP contribution in [0, 0.1) is 0 Å². The van der Waals surface area contributed by atoms with Gasteiger partial charge in [-0.05, 0) is 49.2 Å². The SMILES string of the molecule is O=P(c1ccc2ccccc2c1)(c1cnc(P(=O)(c2cccc3ccccc23)c2cccc3ccccc23)cn1)c1cccc2ccccc12. The second-order valence-corrected chi connectivity index (χ2v) is 17.8. The Labute approximate surface area is 289 Å². The molecule has 1 atom stereocenters. The average molecular weight is 681 g/mol. The minimum atomic E-state index is -3.62. The third-order valence-electron chi connectivity index (χ3n) is 9.68. The summed E-state index contributed by atoms with van der Waals surface area (Å²) in [6.07, 6.45) is 3.19. The van der Waals surface area contributed by atoms with Crippen LogP contribution in [0.25, 0.3) is 43.1 Å². The van der Waals surface area contributed by atoms with Crippen molar-refractivity contribution in [3.05, 3.63) is 182 Å². The van der Waals surface area contributed by atoms with Gasteiger partial charge in [-0.2, -0.15) is 0 Å². The van der Waals surface area contributed by atoms with Gasteiger partial charge < -0.3 is 9.13 Å². The van der Waals surface area contributed by atoms with Crippen LogP contribution >= 0.6 is 14.3 Å². The monoisotopic (exact) mass is 680 g/mol. The van der Waals surface area contributed by atoms with Gasteiger partial charge in [-0.3, -0.25) is 0 Å². The Balaban J connectivity index is 1.30. The molecule has 0 aliphatic carbocycles. The molecule has 9 aromatic rings. The fourth-order valence-corrected chi connectivity index (χ4v) is 12.8. The molecule has 0 spiro atoms. The summed E-state index contributed by atoms with van der Waals surface area (Å²) in [6, 6.07) is 55.8. The Hall–Kier alpha value is -5.66. The highest BCUT2D eigenvalue weighted by Crippen LogP contribution is 2.47. The van der Waals surface area contributed by atoms with Crippen molar-refractivity contribution >= 4 is 89.5 Å². The summed E-state index contributed by atoms with van der Waals surface area (Å²) < 4.78 is 32.1. The summed E-state index contributed by atoms with van der Waals surface area (Å²) in [6.45, 7) is 0. The molecule has 0 bridgehead atoms. The van der Waals surface area contributed by atoms with Crippen LogP contribution in [0.1, 0.15) is 0 Å². The van der Waals surface area contributed by atoms with E-state index in [4.69, 9.17) is 9.97 Å². The molecule has 0 saturated carbocycles. The fourth-order valence-electron chi connectivity index (χ4n) is 7.23. The van der Waals surface area contributed by atoms with Crippen molar-refractivity contribution in [1.82, 2.24) is 9.97 Å². The summed E-state index contributed by atoms with van der Waals surface area (Å²) in [5, 5.41) is 10.5. The third-order valence-corrected chi connectivity index (χ3v) is 15.6. The Morgan fingerprint density at radius 2 is 0.720 bits per heavy atom. The molecule has 0 aliphatic heterocycles. The van der Waals surface area contributed by atoms with E-state index in [2.05, 4.69) is 6.07 Å². The molecule has 0 fully saturated rings. The average Bonchev–Trinajstić information content (AvgIpc) is 3.19. The predicted molar refractivity (Wildman–Crippen MR) is 211 cm³/mol. The zero-order chi connectivity index (χ0) is 33.7. The van der Waals surface area contributed by atoms with E-state index in [-0.39, 0.29) is 0 Å². The van der Waals surface area contributed by atoms with Crippen LogP contribution < -0.4 is 32.1 Å². The number of fused-ring (bicyclic) bond motifs is 4. The molecule has 6 heteroatoms. The number of hydrogen-bond acceptors (Lipinski definition) is 4. The van der Waals surface area contributed by atoms with Crippen LogP contribution in [0.5, 0.6) is 0 Å². The molecule has 9 rings (SSSR count). The van der Waals surface area contributed by atoms with Gasteiger partial charge in [0.05, 0.1) is 12.4 Å². The smallest absolute Gasteiger partial charge is 0.191 e. The first-order valence-corrected chi connectivity index (χ1v) is 19.9. The van der Waals surface area contributed by atoms with Crippen molar-refractivity contribution in [1.29, 1.82) is 0 Å². The third kappa shape index (κ3) is 4.76. The lowest BCUT2D eigenvalue weighted by atomic mass is 10.1. The topological polar surface area (TPSA) is 59.9 Å². The van der Waals surface area contributed by atoms with Gasteiger partial charge in [0.15, 0.2) is 14.3 Å². The highest BCUT2D eigenvalue weighted by molar-refractivity contribution is 7.86. The second kappa shape index (κ2) is 12.0. The summed E-state index contributed by atoms with van der Waals surface area (Å²) >= 11 is 0. The van der Waals surface area contributed by atoms with E-state index in [9.17, 15) is 0 Å². The van der Waals surface area contributed by atoms with Crippen molar-refractivity contribution in [2.24, 2.45) is 0 Å². The maximum absolute atomic E-state index is 16.1. The summed E-state index contributed by atoms with van der Waals surface area (Å²) in [5.74, 6) is 0. The first kappa shape index (κ1) is 30.4. The van der Waals surface area contributed by atoms with Gasteiger partial charge in [0.25, 0.3) is 0 Å². The van der Waals surface area contributed by atoms with Crippen LogP contribution in [0.15, 0.2) is 182 Å². The van der Waals surface area contributed by atoms with Gasteiger partial charge in [-0.25, -0.2) is 9.97 Å². The van der Waals surface area contributed by atoms with Crippen molar-refractivity contribution in [3.8, 4) is 0 Å². The molecular formula is C44H30N2O2P2. The first-order chi connectivity index (χ1) is 24.5. The fraction of sp³-hybridized carbons (Fsp3) is 0. The van der Waals surface area contributed by atoms with Gasteiger partial charge >= 0.3 is 0 Å². The Kier molecular flexibility index (Phi) is 7.32. The molecule has 0 N–H and O–H groups in total. The Bertz CT molecular complexity index is 2750. The molecule has 50 heavy (non-hydrogen) atoms. The summed E-state index contributed by atoms with van der Waals surface area (Å²) in [4.78, 5) is 9.95. The highest BCUT2D eigenvalue weighted by Gasteiger charge is 2.37. The molecule has 1 heterocycles. The summed E-state index contributed by atoms with van der Waals surface area (Å²) in [5.41, 5.74) is 0.687. The molecule has 0 radical (unpaired) electrons. The molecule has 1 aromatic heterocycles. The molecule has 238 valence electrons. The van der Waals surface area contributed by atoms with Gasteiger partial charge in [0.2, 0.25) is 0 Å². The number of benzene rings is 8. The van der Waals surface area contributed by atoms with E-state index < -0.39 is 14.3 Å².